The molecule has 1 atom stereocenters. The molecule has 0 saturated heterocycles. The van der Waals surface area contributed by atoms with E-state index in [1.807, 2.05) is 0 Å². The van der Waals surface area contributed by atoms with E-state index in [-0.39, 0.29) is 0 Å². The molecular formula is C6H13NO2S. The fraction of sp³-hybridized carbons (Fsp3) is 0.833. The van der Waals surface area contributed by atoms with Crippen molar-refractivity contribution in [3.8, 4) is 0 Å². The maximum Gasteiger partial charge on any atom is 0.324 e. The minimum absolute atomic E-state index is 0.431. The van der Waals surface area contributed by atoms with E-state index in [1.54, 1.807) is 13.8 Å². The lowest BCUT2D eigenvalue weighted by Crippen LogP contribution is -2.45. The van der Waals surface area contributed by atoms with Crippen LogP contribution < -0.4 is 5.73 Å². The molecule has 0 aliphatic rings. The Balaban J connectivity index is 4.08. The van der Waals surface area contributed by atoms with Crippen molar-refractivity contribution in [3.63, 3.8) is 0 Å². The number of carbonyl (C=O) groups excluding carboxylic acids is 1. The molecule has 0 fully saturated rings. The average Bonchev–Trinajstić information content (AvgIpc) is 1.83. The third-order valence-corrected chi connectivity index (χ3v) is 1.49. The topological polar surface area (TPSA) is 52.3 Å². The molecule has 0 aliphatic heterocycles. The maximum atomic E-state index is 10.8. The van der Waals surface area contributed by atoms with Crippen LogP contribution in [-0.4, -0.2) is 23.9 Å². The highest BCUT2D eigenvalue weighted by Gasteiger charge is 2.28. The molecule has 60 valence electrons. The van der Waals surface area contributed by atoms with Crippen molar-refractivity contribution in [2.75, 3.05) is 7.11 Å². The standard InChI is InChI=1S/C6H13NO2S/c1-6(2,10)4(7)5(8)9-3/h4,10H,7H2,1-3H3/t4-/m0/s1. The van der Waals surface area contributed by atoms with Gasteiger partial charge in [0.2, 0.25) is 0 Å². The molecule has 0 rings (SSSR count). The molecule has 0 bridgehead atoms. The molecule has 0 amide bonds. The highest BCUT2D eigenvalue weighted by molar-refractivity contribution is 7.81. The summed E-state index contributed by atoms with van der Waals surface area (Å²) < 4.78 is 3.90. The van der Waals surface area contributed by atoms with Gasteiger partial charge in [0.15, 0.2) is 0 Å². The summed E-state index contributed by atoms with van der Waals surface area (Å²) in [6.45, 7) is 3.52. The van der Waals surface area contributed by atoms with Crippen LogP contribution in [0, 0.1) is 0 Å². The second-order valence-electron chi connectivity index (χ2n) is 2.65. The first-order valence-electron chi connectivity index (χ1n) is 2.95. The number of nitrogens with two attached hydrogens (primary N) is 1. The zero-order valence-corrected chi connectivity index (χ0v) is 7.31. The van der Waals surface area contributed by atoms with Crippen LogP contribution in [-0.2, 0) is 9.53 Å². The van der Waals surface area contributed by atoms with E-state index in [0.717, 1.165) is 0 Å². The third-order valence-electron chi connectivity index (χ3n) is 1.22. The van der Waals surface area contributed by atoms with Gasteiger partial charge < -0.3 is 10.5 Å². The van der Waals surface area contributed by atoms with Gasteiger partial charge in [-0.05, 0) is 13.8 Å². The van der Waals surface area contributed by atoms with Crippen LogP contribution in [0.3, 0.4) is 0 Å². The quantitative estimate of drug-likeness (QED) is 0.451. The van der Waals surface area contributed by atoms with Crippen LogP contribution in [0.5, 0.6) is 0 Å². The number of methoxy groups -OCH3 is 1. The minimum atomic E-state index is -0.666. The second kappa shape index (κ2) is 3.25. The molecule has 0 spiro atoms. The lowest BCUT2D eigenvalue weighted by atomic mass is 10.1. The SMILES string of the molecule is COC(=O)[C@H](N)C(C)(C)S. The molecule has 4 heteroatoms. The molecule has 0 aromatic rings. The lowest BCUT2D eigenvalue weighted by Gasteiger charge is -2.22. The van der Waals surface area contributed by atoms with Crippen molar-refractivity contribution in [2.45, 2.75) is 24.6 Å². The number of hydrogen-bond acceptors (Lipinski definition) is 4. The van der Waals surface area contributed by atoms with Gasteiger partial charge in [0.25, 0.3) is 0 Å². The molecule has 10 heavy (non-hydrogen) atoms. The normalized spacial score (nSPS) is 14.5. The van der Waals surface area contributed by atoms with Gasteiger partial charge in [-0.2, -0.15) is 12.6 Å². The molecule has 0 heterocycles. The summed E-state index contributed by atoms with van der Waals surface area (Å²) in [5.74, 6) is -0.431. The Hall–Kier alpha value is -0.220. The van der Waals surface area contributed by atoms with Gasteiger partial charge >= 0.3 is 5.97 Å². The summed E-state index contributed by atoms with van der Waals surface area (Å²) >= 11 is 4.12. The van der Waals surface area contributed by atoms with E-state index < -0.39 is 16.8 Å². The minimum Gasteiger partial charge on any atom is -0.468 e. The van der Waals surface area contributed by atoms with Crippen molar-refractivity contribution in [1.82, 2.24) is 0 Å². The Labute approximate surface area is 66.3 Å². The van der Waals surface area contributed by atoms with Crippen molar-refractivity contribution >= 4 is 18.6 Å². The first-order valence-corrected chi connectivity index (χ1v) is 3.40. The van der Waals surface area contributed by atoms with Gasteiger partial charge in [-0.15, -0.1) is 0 Å². The fourth-order valence-corrected chi connectivity index (χ4v) is 0.521. The predicted molar refractivity (Wildman–Crippen MR) is 43.1 cm³/mol. The number of carbonyl (C=O) groups is 1. The molecule has 0 saturated carbocycles. The zero-order valence-electron chi connectivity index (χ0n) is 6.42. The van der Waals surface area contributed by atoms with Crippen LogP contribution in [0.2, 0.25) is 0 Å². The first kappa shape index (κ1) is 9.78. The zero-order chi connectivity index (χ0) is 8.36. The Bertz CT molecular complexity index is 130. The summed E-state index contributed by atoms with van der Waals surface area (Å²) in [4.78, 5) is 10.8. The number of thiol groups is 1. The highest BCUT2D eigenvalue weighted by atomic mass is 32.1. The molecule has 3 nitrogen and oxygen atoms in total. The average molecular weight is 163 g/mol. The summed E-state index contributed by atoms with van der Waals surface area (Å²) in [5.41, 5.74) is 5.45. The Morgan fingerprint density at radius 2 is 2.10 bits per heavy atom. The second-order valence-corrected chi connectivity index (χ2v) is 3.81. The van der Waals surface area contributed by atoms with E-state index in [0.29, 0.717) is 0 Å². The summed E-state index contributed by atoms with van der Waals surface area (Å²) in [6, 6.07) is -0.666. The van der Waals surface area contributed by atoms with Gasteiger partial charge in [-0.3, -0.25) is 4.79 Å². The molecule has 0 radical (unpaired) electrons. The van der Waals surface area contributed by atoms with Crippen LogP contribution in [0.15, 0.2) is 0 Å². The molecule has 0 aromatic heterocycles. The van der Waals surface area contributed by atoms with Crippen molar-refractivity contribution < 1.29 is 9.53 Å². The third kappa shape index (κ3) is 2.58. The molecule has 0 unspecified atom stereocenters. The van der Waals surface area contributed by atoms with E-state index in [4.69, 9.17) is 5.73 Å². The largest absolute Gasteiger partial charge is 0.468 e. The van der Waals surface area contributed by atoms with E-state index in [2.05, 4.69) is 17.4 Å². The summed E-state index contributed by atoms with van der Waals surface area (Å²) in [6.07, 6.45) is 0. The van der Waals surface area contributed by atoms with Gasteiger partial charge in [0.05, 0.1) is 7.11 Å². The molecular weight excluding hydrogens is 150 g/mol. The summed E-state index contributed by atoms with van der Waals surface area (Å²) in [7, 11) is 1.31. The number of hydrogen-bond donors (Lipinski definition) is 2. The number of rotatable bonds is 2. The van der Waals surface area contributed by atoms with E-state index in [9.17, 15) is 4.79 Å². The molecule has 0 aromatic carbocycles. The number of esters is 1. The lowest BCUT2D eigenvalue weighted by molar-refractivity contribution is -0.142. The van der Waals surface area contributed by atoms with Crippen LogP contribution >= 0.6 is 12.6 Å². The highest BCUT2D eigenvalue weighted by Crippen LogP contribution is 2.16. The van der Waals surface area contributed by atoms with Crippen LogP contribution in [0.1, 0.15) is 13.8 Å². The molecule has 2 N–H and O–H groups in total. The van der Waals surface area contributed by atoms with Gasteiger partial charge in [-0.1, -0.05) is 0 Å². The Morgan fingerprint density at radius 1 is 1.70 bits per heavy atom. The smallest absolute Gasteiger partial charge is 0.324 e. The van der Waals surface area contributed by atoms with Crippen molar-refractivity contribution in [3.05, 3.63) is 0 Å². The predicted octanol–water partition coefficient (Wildman–Crippen LogP) is 0.195. The van der Waals surface area contributed by atoms with Crippen molar-refractivity contribution in [2.24, 2.45) is 5.73 Å². The van der Waals surface area contributed by atoms with E-state index in [1.165, 1.54) is 7.11 Å². The van der Waals surface area contributed by atoms with E-state index >= 15 is 0 Å². The number of ether oxygens (including phenoxy) is 1. The first-order chi connectivity index (χ1) is 4.39. The fourth-order valence-electron chi connectivity index (χ4n) is 0.415. The van der Waals surface area contributed by atoms with Gasteiger partial charge in [0, 0.05) is 4.75 Å². The Kier molecular flexibility index (Phi) is 3.18. The van der Waals surface area contributed by atoms with Crippen molar-refractivity contribution in [1.29, 1.82) is 0 Å². The summed E-state index contributed by atoms with van der Waals surface area (Å²) in [5, 5.41) is 0. The van der Waals surface area contributed by atoms with Crippen LogP contribution in [0.25, 0.3) is 0 Å². The Morgan fingerprint density at radius 3 is 2.20 bits per heavy atom. The van der Waals surface area contributed by atoms with Crippen LogP contribution in [0.4, 0.5) is 0 Å². The van der Waals surface area contributed by atoms with Gasteiger partial charge in [0.1, 0.15) is 6.04 Å². The van der Waals surface area contributed by atoms with Gasteiger partial charge in [-0.25, -0.2) is 0 Å². The monoisotopic (exact) mass is 163 g/mol. The maximum absolute atomic E-state index is 10.8. The molecule has 0 aliphatic carbocycles.